The molecule has 15 heavy (non-hydrogen) atoms. The summed E-state index contributed by atoms with van der Waals surface area (Å²) in [4.78, 5) is 11.6. The van der Waals surface area contributed by atoms with Crippen molar-refractivity contribution in [2.24, 2.45) is 0 Å². The third-order valence-corrected chi connectivity index (χ3v) is 2.18. The van der Waals surface area contributed by atoms with Crippen LogP contribution in [0.2, 0.25) is 0 Å². The molecule has 3 heteroatoms. The molecule has 1 atom stereocenters. The van der Waals surface area contributed by atoms with Gasteiger partial charge < -0.3 is 10.1 Å². The number of para-hydroxylation sites is 1. The van der Waals surface area contributed by atoms with Crippen LogP contribution in [0.1, 0.15) is 25.5 Å². The molecular formula is C12H13NO2. The van der Waals surface area contributed by atoms with E-state index in [4.69, 9.17) is 4.74 Å². The number of hydrogen-bond donors (Lipinski definition) is 1. The van der Waals surface area contributed by atoms with Gasteiger partial charge in [-0.15, -0.1) is 0 Å². The van der Waals surface area contributed by atoms with Gasteiger partial charge in [-0.1, -0.05) is 18.2 Å². The standard InChI is InChI=1S/C12H13NO2/c1-8(2)7-15-11-9-5-3-4-6-10(9)13-12(11)14/h3-7,11H,1-2H3,(H,13,14). The molecule has 1 N–H and O–H groups in total. The van der Waals surface area contributed by atoms with Crippen LogP contribution in [0, 0.1) is 0 Å². The number of rotatable bonds is 2. The molecule has 0 spiro atoms. The smallest absolute Gasteiger partial charge is 0.270 e. The maximum absolute atomic E-state index is 11.6. The molecule has 1 aromatic carbocycles. The zero-order chi connectivity index (χ0) is 10.8. The average molecular weight is 203 g/mol. The molecule has 78 valence electrons. The fourth-order valence-corrected chi connectivity index (χ4v) is 1.52. The minimum atomic E-state index is -0.504. The molecule has 1 aliphatic rings. The Morgan fingerprint density at radius 2 is 2.13 bits per heavy atom. The third-order valence-electron chi connectivity index (χ3n) is 2.18. The Labute approximate surface area is 88.8 Å². The highest BCUT2D eigenvalue weighted by Crippen LogP contribution is 2.32. The van der Waals surface area contributed by atoms with Crippen molar-refractivity contribution in [1.82, 2.24) is 0 Å². The van der Waals surface area contributed by atoms with Crippen LogP contribution in [-0.4, -0.2) is 5.91 Å². The number of ether oxygens (including phenoxy) is 1. The zero-order valence-corrected chi connectivity index (χ0v) is 8.78. The number of allylic oxidation sites excluding steroid dienone is 1. The van der Waals surface area contributed by atoms with Crippen molar-refractivity contribution in [3.63, 3.8) is 0 Å². The first-order valence-corrected chi connectivity index (χ1v) is 4.87. The summed E-state index contributed by atoms with van der Waals surface area (Å²) >= 11 is 0. The molecule has 1 heterocycles. The lowest BCUT2D eigenvalue weighted by Crippen LogP contribution is -2.13. The molecule has 0 saturated heterocycles. The van der Waals surface area contributed by atoms with Gasteiger partial charge in [0.05, 0.1) is 6.26 Å². The molecule has 2 rings (SSSR count). The quantitative estimate of drug-likeness (QED) is 0.750. The van der Waals surface area contributed by atoms with Crippen molar-refractivity contribution in [3.8, 4) is 0 Å². The molecule has 0 aromatic heterocycles. The summed E-state index contributed by atoms with van der Waals surface area (Å²) in [5.41, 5.74) is 2.78. The van der Waals surface area contributed by atoms with Gasteiger partial charge in [-0.3, -0.25) is 4.79 Å². The van der Waals surface area contributed by atoms with Gasteiger partial charge in [-0.25, -0.2) is 0 Å². The highest BCUT2D eigenvalue weighted by Gasteiger charge is 2.30. The topological polar surface area (TPSA) is 38.3 Å². The summed E-state index contributed by atoms with van der Waals surface area (Å²) in [6.07, 6.45) is 1.11. The summed E-state index contributed by atoms with van der Waals surface area (Å²) in [5.74, 6) is -0.103. The number of nitrogens with one attached hydrogen (secondary N) is 1. The van der Waals surface area contributed by atoms with Crippen molar-refractivity contribution >= 4 is 11.6 Å². The van der Waals surface area contributed by atoms with Crippen LogP contribution in [0.4, 0.5) is 5.69 Å². The maximum atomic E-state index is 11.6. The van der Waals surface area contributed by atoms with E-state index in [1.165, 1.54) is 0 Å². The zero-order valence-electron chi connectivity index (χ0n) is 8.78. The summed E-state index contributed by atoms with van der Waals surface area (Å²) in [6.45, 7) is 3.86. The minimum Gasteiger partial charge on any atom is -0.483 e. The normalized spacial score (nSPS) is 18.0. The molecule has 0 aliphatic carbocycles. The minimum absolute atomic E-state index is 0.103. The van der Waals surface area contributed by atoms with Crippen molar-refractivity contribution in [2.45, 2.75) is 20.0 Å². The lowest BCUT2D eigenvalue weighted by Gasteiger charge is -2.08. The Morgan fingerprint density at radius 1 is 1.40 bits per heavy atom. The number of hydrogen-bond acceptors (Lipinski definition) is 2. The van der Waals surface area contributed by atoms with Crippen LogP contribution in [0.5, 0.6) is 0 Å². The van der Waals surface area contributed by atoms with E-state index in [1.807, 2.05) is 38.1 Å². The van der Waals surface area contributed by atoms with Gasteiger partial charge in [0.25, 0.3) is 5.91 Å². The Bertz CT molecular complexity index is 419. The van der Waals surface area contributed by atoms with Gasteiger partial charge in [-0.05, 0) is 25.5 Å². The average Bonchev–Trinajstić information content (AvgIpc) is 2.50. The first-order chi connectivity index (χ1) is 7.18. The van der Waals surface area contributed by atoms with Gasteiger partial charge in [0, 0.05) is 11.3 Å². The van der Waals surface area contributed by atoms with Crippen LogP contribution < -0.4 is 5.32 Å². The van der Waals surface area contributed by atoms with Crippen molar-refractivity contribution in [1.29, 1.82) is 0 Å². The van der Waals surface area contributed by atoms with Gasteiger partial charge in [-0.2, -0.15) is 0 Å². The van der Waals surface area contributed by atoms with E-state index in [1.54, 1.807) is 6.26 Å². The fourth-order valence-electron chi connectivity index (χ4n) is 1.52. The number of carbonyl (C=O) groups is 1. The molecular weight excluding hydrogens is 190 g/mol. The monoisotopic (exact) mass is 203 g/mol. The van der Waals surface area contributed by atoms with E-state index < -0.39 is 6.10 Å². The molecule has 0 bridgehead atoms. The summed E-state index contributed by atoms with van der Waals surface area (Å²) in [5, 5.41) is 2.78. The first kappa shape index (κ1) is 9.77. The van der Waals surface area contributed by atoms with Crippen LogP contribution in [0.15, 0.2) is 36.1 Å². The SMILES string of the molecule is CC(C)=COC1C(=O)Nc2ccccc21. The van der Waals surface area contributed by atoms with Crippen LogP contribution in [0.3, 0.4) is 0 Å². The lowest BCUT2D eigenvalue weighted by atomic mass is 10.1. The highest BCUT2D eigenvalue weighted by atomic mass is 16.5. The number of amides is 1. The number of anilines is 1. The Hall–Kier alpha value is -1.77. The van der Waals surface area contributed by atoms with Crippen molar-refractivity contribution < 1.29 is 9.53 Å². The maximum Gasteiger partial charge on any atom is 0.270 e. The second kappa shape index (κ2) is 3.77. The molecule has 3 nitrogen and oxygen atoms in total. The van der Waals surface area contributed by atoms with Crippen molar-refractivity contribution in [2.75, 3.05) is 5.32 Å². The van der Waals surface area contributed by atoms with Gasteiger partial charge >= 0.3 is 0 Å². The van der Waals surface area contributed by atoms with Crippen LogP contribution in [0.25, 0.3) is 0 Å². The molecule has 0 saturated carbocycles. The number of carbonyl (C=O) groups excluding carboxylic acids is 1. The number of fused-ring (bicyclic) bond motifs is 1. The van der Waals surface area contributed by atoms with E-state index in [9.17, 15) is 4.79 Å². The first-order valence-electron chi connectivity index (χ1n) is 4.87. The number of benzene rings is 1. The molecule has 1 aliphatic heterocycles. The van der Waals surface area contributed by atoms with Gasteiger partial charge in [0.1, 0.15) is 0 Å². The second-order valence-electron chi connectivity index (χ2n) is 3.79. The van der Waals surface area contributed by atoms with E-state index in [0.29, 0.717) is 0 Å². The Kier molecular flexibility index (Phi) is 2.46. The molecule has 1 aromatic rings. The Morgan fingerprint density at radius 3 is 2.87 bits per heavy atom. The van der Waals surface area contributed by atoms with Crippen LogP contribution in [-0.2, 0) is 9.53 Å². The summed E-state index contributed by atoms with van der Waals surface area (Å²) < 4.78 is 5.43. The highest BCUT2D eigenvalue weighted by molar-refractivity contribution is 6.01. The van der Waals surface area contributed by atoms with E-state index in [2.05, 4.69) is 5.32 Å². The Balaban J connectivity index is 2.26. The molecule has 1 unspecified atom stereocenters. The van der Waals surface area contributed by atoms with E-state index in [0.717, 1.165) is 16.8 Å². The molecule has 1 amide bonds. The second-order valence-corrected chi connectivity index (χ2v) is 3.79. The van der Waals surface area contributed by atoms with E-state index in [-0.39, 0.29) is 5.91 Å². The summed E-state index contributed by atoms with van der Waals surface area (Å²) in [7, 11) is 0. The van der Waals surface area contributed by atoms with Crippen molar-refractivity contribution in [3.05, 3.63) is 41.7 Å². The molecule has 0 fully saturated rings. The largest absolute Gasteiger partial charge is 0.483 e. The third kappa shape index (κ3) is 1.86. The van der Waals surface area contributed by atoms with Crippen LogP contribution >= 0.6 is 0 Å². The predicted octanol–water partition coefficient (Wildman–Crippen LogP) is 2.62. The van der Waals surface area contributed by atoms with Gasteiger partial charge in [0.2, 0.25) is 6.10 Å². The predicted molar refractivity (Wildman–Crippen MR) is 58.3 cm³/mol. The summed E-state index contributed by atoms with van der Waals surface area (Å²) in [6, 6.07) is 7.57. The molecule has 0 radical (unpaired) electrons. The fraction of sp³-hybridized carbons (Fsp3) is 0.250. The van der Waals surface area contributed by atoms with Gasteiger partial charge in [0.15, 0.2) is 0 Å². The van der Waals surface area contributed by atoms with E-state index >= 15 is 0 Å². The lowest BCUT2D eigenvalue weighted by molar-refractivity contribution is -0.123.